The zero-order chi connectivity index (χ0) is 13.1. The molecule has 0 heterocycles. The number of nitrogens with one attached hydrogen (secondary N) is 1. The van der Waals surface area contributed by atoms with Crippen LogP contribution in [0.1, 0.15) is 36.0 Å². The second kappa shape index (κ2) is 5.67. The van der Waals surface area contributed by atoms with Gasteiger partial charge in [-0.3, -0.25) is 4.79 Å². The van der Waals surface area contributed by atoms with E-state index in [0.29, 0.717) is 6.42 Å². The van der Waals surface area contributed by atoms with Crippen LogP contribution in [0.3, 0.4) is 0 Å². The van der Waals surface area contributed by atoms with Crippen LogP contribution in [0, 0.1) is 5.82 Å². The third kappa shape index (κ3) is 3.00. The molecule has 0 saturated heterocycles. The number of amides is 1. The van der Waals surface area contributed by atoms with E-state index in [9.17, 15) is 14.3 Å². The number of benzene rings is 1. The molecule has 98 valence electrons. The molecule has 2 rings (SSSR count). The van der Waals surface area contributed by atoms with Crippen molar-refractivity contribution in [2.45, 2.75) is 37.8 Å². The van der Waals surface area contributed by atoms with Crippen LogP contribution in [0.4, 0.5) is 4.39 Å². The topological polar surface area (TPSA) is 49.3 Å². The van der Waals surface area contributed by atoms with Gasteiger partial charge in [0.25, 0.3) is 5.91 Å². The largest absolute Gasteiger partial charge is 0.391 e. The van der Waals surface area contributed by atoms with Gasteiger partial charge in [-0.25, -0.2) is 4.39 Å². The highest BCUT2D eigenvalue weighted by Gasteiger charge is 2.24. The molecule has 0 bridgehead atoms. The quantitative estimate of drug-likeness (QED) is 0.868. The fourth-order valence-corrected chi connectivity index (χ4v) is 2.29. The van der Waals surface area contributed by atoms with E-state index in [1.54, 1.807) is 0 Å². The van der Waals surface area contributed by atoms with Crippen molar-refractivity contribution in [2.24, 2.45) is 0 Å². The summed E-state index contributed by atoms with van der Waals surface area (Å²) in [5.74, 6) is -0.995. The third-order valence-corrected chi connectivity index (χ3v) is 3.53. The van der Waals surface area contributed by atoms with Gasteiger partial charge in [0.15, 0.2) is 0 Å². The average Bonchev–Trinajstić information content (AvgIpc) is 2.35. The van der Waals surface area contributed by atoms with E-state index >= 15 is 0 Å². The van der Waals surface area contributed by atoms with Crippen molar-refractivity contribution in [1.29, 1.82) is 0 Å². The maximum atomic E-state index is 13.2. The Hall–Kier alpha value is -1.13. The second-order valence-corrected chi connectivity index (χ2v) is 4.97. The van der Waals surface area contributed by atoms with E-state index in [1.165, 1.54) is 12.1 Å². The van der Waals surface area contributed by atoms with Crippen molar-refractivity contribution in [1.82, 2.24) is 5.32 Å². The van der Waals surface area contributed by atoms with Crippen LogP contribution in [0.15, 0.2) is 18.2 Å². The van der Waals surface area contributed by atoms with E-state index in [-0.39, 0.29) is 22.5 Å². The average molecular weight is 272 g/mol. The molecule has 18 heavy (non-hydrogen) atoms. The molecule has 1 aliphatic rings. The Morgan fingerprint density at radius 3 is 2.78 bits per heavy atom. The van der Waals surface area contributed by atoms with Crippen molar-refractivity contribution in [2.75, 3.05) is 0 Å². The van der Waals surface area contributed by atoms with E-state index in [4.69, 9.17) is 11.6 Å². The van der Waals surface area contributed by atoms with Crippen LogP contribution in [0.2, 0.25) is 5.02 Å². The number of hydrogen-bond acceptors (Lipinski definition) is 2. The molecule has 1 aliphatic carbocycles. The molecule has 0 aromatic heterocycles. The Balaban J connectivity index is 2.04. The van der Waals surface area contributed by atoms with Crippen molar-refractivity contribution in [3.8, 4) is 0 Å². The molecule has 1 amide bonds. The fourth-order valence-electron chi connectivity index (χ4n) is 2.17. The van der Waals surface area contributed by atoms with Gasteiger partial charge in [-0.15, -0.1) is 0 Å². The standard InChI is InChI=1S/C13H15ClFNO2/c14-9-6-5-8(7-10(9)15)13(18)16-11-3-1-2-4-12(11)17/h5-7,11-12,17H,1-4H2,(H,16,18)/t11-,12-/m1/s1. The number of halogens is 2. The molecule has 2 N–H and O–H groups in total. The highest BCUT2D eigenvalue weighted by molar-refractivity contribution is 6.30. The molecule has 2 atom stereocenters. The first-order valence-electron chi connectivity index (χ1n) is 6.02. The fraction of sp³-hybridized carbons (Fsp3) is 0.462. The molecule has 1 saturated carbocycles. The third-order valence-electron chi connectivity index (χ3n) is 3.23. The summed E-state index contributed by atoms with van der Waals surface area (Å²) >= 11 is 5.55. The van der Waals surface area contributed by atoms with Gasteiger partial charge in [-0.05, 0) is 31.0 Å². The summed E-state index contributed by atoms with van der Waals surface area (Å²) in [7, 11) is 0. The summed E-state index contributed by atoms with van der Waals surface area (Å²) in [6.07, 6.45) is 2.89. The van der Waals surface area contributed by atoms with E-state index in [2.05, 4.69) is 5.32 Å². The molecule has 0 unspecified atom stereocenters. The lowest BCUT2D eigenvalue weighted by molar-refractivity contribution is 0.0717. The predicted octanol–water partition coefficient (Wildman–Crippen LogP) is 2.51. The van der Waals surface area contributed by atoms with Gasteiger partial charge in [0.05, 0.1) is 17.2 Å². The van der Waals surface area contributed by atoms with E-state index in [0.717, 1.165) is 25.3 Å². The van der Waals surface area contributed by atoms with Gasteiger partial charge >= 0.3 is 0 Å². The van der Waals surface area contributed by atoms with Gasteiger partial charge < -0.3 is 10.4 Å². The molecule has 0 spiro atoms. The summed E-state index contributed by atoms with van der Waals surface area (Å²) < 4.78 is 13.2. The molecule has 5 heteroatoms. The maximum absolute atomic E-state index is 13.2. The minimum absolute atomic E-state index is 0.00995. The van der Waals surface area contributed by atoms with E-state index < -0.39 is 11.9 Å². The summed E-state index contributed by atoms with van der Waals surface area (Å²) in [6, 6.07) is 3.68. The Bertz CT molecular complexity index is 453. The summed E-state index contributed by atoms with van der Waals surface area (Å²) in [5.41, 5.74) is 0.217. The Morgan fingerprint density at radius 2 is 2.11 bits per heavy atom. The zero-order valence-electron chi connectivity index (χ0n) is 9.83. The Labute approximate surface area is 110 Å². The van der Waals surface area contributed by atoms with Crippen molar-refractivity contribution >= 4 is 17.5 Å². The van der Waals surface area contributed by atoms with Crippen molar-refractivity contribution in [3.05, 3.63) is 34.6 Å². The van der Waals surface area contributed by atoms with Gasteiger partial charge in [0.2, 0.25) is 0 Å². The molecular weight excluding hydrogens is 257 g/mol. The molecular formula is C13H15ClFNO2. The normalized spacial score (nSPS) is 23.7. The minimum Gasteiger partial charge on any atom is -0.391 e. The first kappa shape index (κ1) is 13.3. The maximum Gasteiger partial charge on any atom is 0.251 e. The Kier molecular flexibility index (Phi) is 4.19. The Morgan fingerprint density at radius 1 is 1.39 bits per heavy atom. The number of carbonyl (C=O) groups is 1. The summed E-state index contributed by atoms with van der Waals surface area (Å²) in [6.45, 7) is 0. The SMILES string of the molecule is O=C(N[C@@H]1CCCC[C@H]1O)c1ccc(Cl)c(F)c1. The monoisotopic (exact) mass is 271 g/mol. The van der Waals surface area contributed by atoms with Gasteiger partial charge in [-0.1, -0.05) is 24.4 Å². The molecule has 1 aromatic rings. The highest BCUT2D eigenvalue weighted by atomic mass is 35.5. The van der Waals surface area contributed by atoms with Gasteiger partial charge in [0, 0.05) is 5.56 Å². The molecule has 0 aliphatic heterocycles. The number of carbonyl (C=O) groups excluding carboxylic acids is 1. The number of rotatable bonds is 2. The highest BCUT2D eigenvalue weighted by Crippen LogP contribution is 2.20. The lowest BCUT2D eigenvalue weighted by Crippen LogP contribution is -2.45. The lowest BCUT2D eigenvalue weighted by atomic mass is 9.92. The predicted molar refractivity (Wildman–Crippen MR) is 67.1 cm³/mol. The molecule has 1 fully saturated rings. The van der Waals surface area contributed by atoms with Crippen LogP contribution in [-0.4, -0.2) is 23.2 Å². The van der Waals surface area contributed by atoms with E-state index in [1.807, 2.05) is 0 Å². The van der Waals surface area contributed by atoms with Crippen molar-refractivity contribution < 1.29 is 14.3 Å². The first-order valence-corrected chi connectivity index (χ1v) is 6.39. The number of aliphatic hydroxyl groups excluding tert-OH is 1. The smallest absolute Gasteiger partial charge is 0.251 e. The summed E-state index contributed by atoms with van der Waals surface area (Å²) in [5, 5.41) is 12.5. The first-order chi connectivity index (χ1) is 8.58. The zero-order valence-corrected chi connectivity index (χ0v) is 10.6. The minimum atomic E-state index is -0.617. The van der Waals surface area contributed by atoms with Crippen LogP contribution in [0.5, 0.6) is 0 Å². The molecule has 3 nitrogen and oxygen atoms in total. The van der Waals surface area contributed by atoms with Crippen LogP contribution in [-0.2, 0) is 0 Å². The molecule has 1 aromatic carbocycles. The lowest BCUT2D eigenvalue weighted by Gasteiger charge is -2.28. The van der Waals surface area contributed by atoms with Gasteiger partial charge in [-0.2, -0.15) is 0 Å². The van der Waals surface area contributed by atoms with Gasteiger partial charge in [0.1, 0.15) is 5.82 Å². The van der Waals surface area contributed by atoms with Crippen LogP contribution in [0.25, 0.3) is 0 Å². The number of aliphatic hydroxyl groups is 1. The number of hydrogen-bond donors (Lipinski definition) is 2. The second-order valence-electron chi connectivity index (χ2n) is 4.56. The van der Waals surface area contributed by atoms with Crippen LogP contribution >= 0.6 is 11.6 Å². The van der Waals surface area contributed by atoms with Crippen LogP contribution < -0.4 is 5.32 Å². The summed E-state index contributed by atoms with van der Waals surface area (Å²) in [4.78, 5) is 11.9. The molecule has 0 radical (unpaired) electrons. The van der Waals surface area contributed by atoms with Crippen molar-refractivity contribution in [3.63, 3.8) is 0 Å².